The zero-order valence-electron chi connectivity index (χ0n) is 11.5. The fourth-order valence-electron chi connectivity index (χ4n) is 2.73. The van der Waals surface area contributed by atoms with Gasteiger partial charge in [-0.2, -0.15) is 0 Å². The number of aromatic nitrogens is 1. The molecule has 0 unspecified atom stereocenters. The van der Waals surface area contributed by atoms with Crippen molar-refractivity contribution in [2.45, 2.75) is 31.7 Å². The van der Waals surface area contributed by atoms with Gasteiger partial charge in [0, 0.05) is 36.1 Å². The molecule has 0 spiro atoms. The third-order valence-electron chi connectivity index (χ3n) is 3.93. The van der Waals surface area contributed by atoms with E-state index in [1.807, 2.05) is 29.3 Å². The van der Waals surface area contributed by atoms with Crippen LogP contribution < -0.4 is 0 Å². The van der Waals surface area contributed by atoms with Crippen molar-refractivity contribution in [3.05, 3.63) is 36.0 Å². The van der Waals surface area contributed by atoms with Crippen LogP contribution >= 0.6 is 0 Å². The van der Waals surface area contributed by atoms with E-state index in [4.69, 9.17) is 5.11 Å². The minimum Gasteiger partial charge on any atom is -0.395 e. The highest BCUT2D eigenvalue weighted by atomic mass is 16.3. The Hall–Kier alpha value is -1.81. The lowest BCUT2D eigenvalue weighted by Crippen LogP contribution is -2.35. The van der Waals surface area contributed by atoms with Gasteiger partial charge in [-0.05, 0) is 30.9 Å². The molecule has 0 saturated heterocycles. The van der Waals surface area contributed by atoms with Gasteiger partial charge in [0.1, 0.15) is 0 Å². The third kappa shape index (κ3) is 2.70. The van der Waals surface area contributed by atoms with Crippen LogP contribution in [0.15, 0.2) is 30.5 Å². The number of aromatic amines is 1. The number of fused-ring (bicyclic) bond motifs is 1. The number of nitrogens with zero attached hydrogens (tertiary/aromatic N) is 1. The number of amides is 1. The molecule has 1 aromatic carbocycles. The lowest BCUT2D eigenvalue weighted by atomic mass is 10.1. The molecule has 1 aromatic heterocycles. The first-order valence-electron chi connectivity index (χ1n) is 7.25. The molecule has 4 heteroatoms. The third-order valence-corrected chi connectivity index (χ3v) is 3.93. The number of carbonyl (C=O) groups excluding carboxylic acids is 1. The van der Waals surface area contributed by atoms with Crippen LogP contribution in [0.5, 0.6) is 0 Å². The fourth-order valence-corrected chi connectivity index (χ4v) is 2.73. The van der Waals surface area contributed by atoms with Crippen LogP contribution in [-0.4, -0.2) is 40.1 Å². The van der Waals surface area contributed by atoms with Gasteiger partial charge in [-0.15, -0.1) is 0 Å². The van der Waals surface area contributed by atoms with Crippen molar-refractivity contribution in [2.75, 3.05) is 13.2 Å². The predicted molar refractivity (Wildman–Crippen MR) is 78.4 cm³/mol. The summed E-state index contributed by atoms with van der Waals surface area (Å²) in [5.41, 5.74) is 2.30. The molecule has 106 valence electrons. The summed E-state index contributed by atoms with van der Waals surface area (Å²) in [7, 11) is 0. The molecular weight excluding hydrogens is 252 g/mol. The number of para-hydroxylation sites is 1. The van der Waals surface area contributed by atoms with Crippen molar-refractivity contribution in [3.8, 4) is 0 Å². The van der Waals surface area contributed by atoms with Gasteiger partial charge in [0.15, 0.2) is 0 Å². The van der Waals surface area contributed by atoms with E-state index >= 15 is 0 Å². The first-order chi connectivity index (χ1) is 9.79. The Labute approximate surface area is 118 Å². The standard InChI is InChI=1S/C16H20N2O2/c19-10-9-18(13-6-7-13)16(20)8-5-12-11-17-15-4-2-1-3-14(12)15/h1-4,11,13,17,19H,5-10H2. The van der Waals surface area contributed by atoms with Crippen molar-refractivity contribution >= 4 is 16.8 Å². The number of hydrogen-bond acceptors (Lipinski definition) is 2. The maximum Gasteiger partial charge on any atom is 0.223 e. The zero-order chi connectivity index (χ0) is 13.9. The van der Waals surface area contributed by atoms with Crippen LogP contribution in [0.25, 0.3) is 10.9 Å². The number of carbonyl (C=O) groups is 1. The van der Waals surface area contributed by atoms with E-state index in [2.05, 4.69) is 11.1 Å². The second-order valence-corrected chi connectivity index (χ2v) is 5.40. The summed E-state index contributed by atoms with van der Waals surface area (Å²) in [5.74, 6) is 0.159. The number of nitrogens with one attached hydrogen (secondary N) is 1. The van der Waals surface area contributed by atoms with Gasteiger partial charge in [-0.25, -0.2) is 0 Å². The van der Waals surface area contributed by atoms with Gasteiger partial charge in [-0.1, -0.05) is 18.2 Å². The van der Waals surface area contributed by atoms with E-state index in [1.54, 1.807) is 0 Å². The van der Waals surface area contributed by atoms with Crippen LogP contribution in [0.3, 0.4) is 0 Å². The molecule has 0 aliphatic heterocycles. The Morgan fingerprint density at radius 3 is 2.90 bits per heavy atom. The summed E-state index contributed by atoms with van der Waals surface area (Å²) in [4.78, 5) is 17.3. The number of hydrogen-bond donors (Lipinski definition) is 2. The van der Waals surface area contributed by atoms with E-state index < -0.39 is 0 Å². The van der Waals surface area contributed by atoms with Gasteiger partial charge in [0.2, 0.25) is 5.91 Å². The summed E-state index contributed by atoms with van der Waals surface area (Å²) in [6.07, 6.45) is 5.42. The summed E-state index contributed by atoms with van der Waals surface area (Å²) < 4.78 is 0. The highest BCUT2D eigenvalue weighted by molar-refractivity contribution is 5.84. The number of benzene rings is 1. The van der Waals surface area contributed by atoms with Gasteiger partial charge in [-0.3, -0.25) is 4.79 Å². The summed E-state index contributed by atoms with van der Waals surface area (Å²) >= 11 is 0. The number of aliphatic hydroxyl groups is 1. The number of aliphatic hydroxyl groups excluding tert-OH is 1. The Balaban J connectivity index is 1.65. The molecule has 2 aromatic rings. The highest BCUT2D eigenvalue weighted by Gasteiger charge is 2.31. The quantitative estimate of drug-likeness (QED) is 0.846. The van der Waals surface area contributed by atoms with Crippen LogP contribution in [-0.2, 0) is 11.2 Å². The SMILES string of the molecule is O=C(CCc1c[nH]c2ccccc12)N(CCO)C1CC1. The molecular formula is C16H20N2O2. The van der Waals surface area contributed by atoms with Crippen LogP contribution in [0, 0.1) is 0 Å². The Kier molecular flexibility index (Phi) is 3.74. The minimum absolute atomic E-state index is 0.0509. The highest BCUT2D eigenvalue weighted by Crippen LogP contribution is 2.27. The molecule has 1 fully saturated rings. The van der Waals surface area contributed by atoms with Crippen molar-refractivity contribution in [1.82, 2.24) is 9.88 Å². The first kappa shape index (κ1) is 13.2. The second kappa shape index (κ2) is 5.67. The summed E-state index contributed by atoms with van der Waals surface area (Å²) in [6.45, 7) is 0.521. The average molecular weight is 272 g/mol. The van der Waals surface area contributed by atoms with E-state index in [9.17, 15) is 4.79 Å². The maximum atomic E-state index is 12.3. The van der Waals surface area contributed by atoms with E-state index in [0.717, 1.165) is 24.8 Å². The molecule has 1 saturated carbocycles. The Morgan fingerprint density at radius 2 is 2.15 bits per heavy atom. The monoisotopic (exact) mass is 272 g/mol. The average Bonchev–Trinajstić information content (AvgIpc) is 3.22. The molecule has 0 bridgehead atoms. The molecule has 3 rings (SSSR count). The normalized spacial score (nSPS) is 14.7. The lowest BCUT2D eigenvalue weighted by molar-refractivity contribution is -0.132. The number of H-pyrrole nitrogens is 1. The van der Waals surface area contributed by atoms with Gasteiger partial charge in [0.25, 0.3) is 0 Å². The molecule has 1 amide bonds. The van der Waals surface area contributed by atoms with E-state index in [1.165, 1.54) is 10.9 Å². The molecule has 1 aliphatic carbocycles. The largest absolute Gasteiger partial charge is 0.395 e. The molecule has 2 N–H and O–H groups in total. The zero-order valence-corrected chi connectivity index (χ0v) is 11.5. The molecule has 4 nitrogen and oxygen atoms in total. The van der Waals surface area contributed by atoms with E-state index in [0.29, 0.717) is 19.0 Å². The molecule has 0 radical (unpaired) electrons. The molecule has 20 heavy (non-hydrogen) atoms. The van der Waals surface area contributed by atoms with E-state index in [-0.39, 0.29) is 12.5 Å². The Morgan fingerprint density at radius 1 is 1.35 bits per heavy atom. The topological polar surface area (TPSA) is 56.3 Å². The van der Waals surface area contributed by atoms with Crippen LogP contribution in [0.4, 0.5) is 0 Å². The molecule has 0 atom stereocenters. The maximum absolute atomic E-state index is 12.3. The minimum atomic E-state index is 0.0509. The van der Waals surface area contributed by atoms with Crippen LogP contribution in [0.2, 0.25) is 0 Å². The predicted octanol–water partition coefficient (Wildman–Crippen LogP) is 2.08. The number of rotatable bonds is 6. The fraction of sp³-hybridized carbons (Fsp3) is 0.438. The van der Waals surface area contributed by atoms with Crippen molar-refractivity contribution in [1.29, 1.82) is 0 Å². The van der Waals surface area contributed by atoms with Crippen LogP contribution in [0.1, 0.15) is 24.8 Å². The first-order valence-corrected chi connectivity index (χ1v) is 7.25. The smallest absolute Gasteiger partial charge is 0.223 e. The molecule has 1 aliphatic rings. The molecule has 1 heterocycles. The summed E-state index contributed by atoms with van der Waals surface area (Å²) in [5, 5.41) is 10.3. The van der Waals surface area contributed by atoms with Gasteiger partial charge < -0.3 is 15.0 Å². The Bertz CT molecular complexity index is 601. The summed E-state index contributed by atoms with van der Waals surface area (Å²) in [6, 6.07) is 8.52. The second-order valence-electron chi connectivity index (χ2n) is 5.40. The van der Waals surface area contributed by atoms with Crippen molar-refractivity contribution in [2.24, 2.45) is 0 Å². The van der Waals surface area contributed by atoms with Crippen molar-refractivity contribution < 1.29 is 9.90 Å². The number of aryl methyl sites for hydroxylation is 1. The lowest BCUT2D eigenvalue weighted by Gasteiger charge is -2.21. The van der Waals surface area contributed by atoms with Gasteiger partial charge >= 0.3 is 0 Å². The van der Waals surface area contributed by atoms with Crippen molar-refractivity contribution in [3.63, 3.8) is 0 Å². The van der Waals surface area contributed by atoms with Gasteiger partial charge in [0.05, 0.1) is 6.61 Å².